The van der Waals surface area contributed by atoms with Gasteiger partial charge in [-0.1, -0.05) is 0 Å². The summed E-state index contributed by atoms with van der Waals surface area (Å²) in [6.07, 6.45) is 1.70. The highest BCUT2D eigenvalue weighted by Gasteiger charge is 2.04. The van der Waals surface area contributed by atoms with Crippen molar-refractivity contribution in [2.24, 2.45) is 0 Å². The zero-order valence-electron chi connectivity index (χ0n) is 5.28. The van der Waals surface area contributed by atoms with E-state index >= 15 is 0 Å². The summed E-state index contributed by atoms with van der Waals surface area (Å²) in [5, 5.41) is 6.70. The molecule has 0 atom stereocenters. The van der Waals surface area contributed by atoms with Crippen molar-refractivity contribution in [1.82, 2.24) is 20.2 Å². The number of aromatic nitrogens is 4. The van der Waals surface area contributed by atoms with Gasteiger partial charge in [0.05, 0.1) is 10.4 Å². The maximum Gasteiger partial charge on any atom is 0.218 e. The van der Waals surface area contributed by atoms with Gasteiger partial charge in [0.2, 0.25) is 5.28 Å². The molecule has 0 amide bonds. The lowest BCUT2D eigenvalue weighted by Gasteiger charge is -1.80. The van der Waals surface area contributed by atoms with Crippen LogP contribution in [0.2, 0.25) is 5.28 Å². The molecular formula is C5H3ClN4S. The molecule has 0 fully saturated rings. The van der Waals surface area contributed by atoms with Gasteiger partial charge < -0.3 is 0 Å². The van der Waals surface area contributed by atoms with Crippen LogP contribution in [-0.2, 0) is 0 Å². The zero-order valence-corrected chi connectivity index (χ0v) is 6.85. The number of nitrogens with zero attached hydrogens (tertiary/aromatic N) is 3. The summed E-state index contributed by atoms with van der Waals surface area (Å²) >= 11 is 7.01. The summed E-state index contributed by atoms with van der Waals surface area (Å²) in [7, 11) is 0. The Hall–Kier alpha value is -0.940. The summed E-state index contributed by atoms with van der Waals surface area (Å²) in [5.41, 5.74) is 1.72. The van der Waals surface area contributed by atoms with E-state index in [2.05, 4.69) is 20.2 Å². The monoisotopic (exact) mass is 186 g/mol. The Morgan fingerprint density at radius 2 is 2.45 bits per heavy atom. The molecule has 0 radical (unpaired) electrons. The van der Waals surface area contributed by atoms with Crippen molar-refractivity contribution in [3.63, 3.8) is 0 Å². The minimum absolute atomic E-state index is 0.299. The molecule has 0 aliphatic carbocycles. The Kier molecular flexibility index (Phi) is 1.59. The summed E-state index contributed by atoms with van der Waals surface area (Å²) in [6, 6.07) is 0. The van der Waals surface area contributed by atoms with Crippen LogP contribution in [0.3, 0.4) is 0 Å². The predicted molar refractivity (Wildman–Crippen MR) is 42.5 cm³/mol. The summed E-state index contributed by atoms with van der Waals surface area (Å²) < 4.78 is 0. The van der Waals surface area contributed by atoms with E-state index in [9.17, 15) is 0 Å². The highest BCUT2D eigenvalue weighted by atomic mass is 35.5. The zero-order chi connectivity index (χ0) is 7.68. The number of thiazole rings is 1. The van der Waals surface area contributed by atoms with Crippen LogP contribution in [0.15, 0.2) is 11.7 Å². The molecule has 4 nitrogen and oxygen atoms in total. The van der Waals surface area contributed by atoms with Crippen molar-refractivity contribution >= 4 is 22.9 Å². The van der Waals surface area contributed by atoms with Gasteiger partial charge in [0.15, 0.2) is 5.82 Å². The van der Waals surface area contributed by atoms with Gasteiger partial charge in [-0.05, 0) is 11.6 Å². The fourth-order valence-electron chi connectivity index (χ4n) is 0.678. The molecule has 0 spiro atoms. The van der Waals surface area contributed by atoms with Crippen LogP contribution < -0.4 is 0 Å². The third-order valence-corrected chi connectivity index (χ3v) is 2.05. The number of H-pyrrole nitrogens is 1. The van der Waals surface area contributed by atoms with E-state index in [1.165, 1.54) is 11.3 Å². The van der Waals surface area contributed by atoms with Crippen LogP contribution in [0.1, 0.15) is 0 Å². The second kappa shape index (κ2) is 2.60. The topological polar surface area (TPSA) is 54.5 Å². The molecular weight excluding hydrogens is 184 g/mol. The molecule has 2 heterocycles. The lowest BCUT2D eigenvalue weighted by Crippen LogP contribution is -1.73. The van der Waals surface area contributed by atoms with Gasteiger partial charge in [0, 0.05) is 6.20 Å². The molecule has 1 N–H and O–H groups in total. The van der Waals surface area contributed by atoms with Crippen LogP contribution >= 0.6 is 22.9 Å². The Balaban J connectivity index is 2.45. The first kappa shape index (κ1) is 6.75. The summed E-state index contributed by atoms with van der Waals surface area (Å²) in [5.74, 6) is 0.595. The van der Waals surface area contributed by atoms with Gasteiger partial charge in [-0.3, -0.25) is 4.98 Å². The molecule has 2 rings (SSSR count). The second-order valence-electron chi connectivity index (χ2n) is 1.82. The number of nitrogens with one attached hydrogen (secondary N) is 1. The highest BCUT2D eigenvalue weighted by molar-refractivity contribution is 7.13. The molecule has 56 valence electrons. The molecule has 11 heavy (non-hydrogen) atoms. The molecule has 0 aliphatic heterocycles. The van der Waals surface area contributed by atoms with Gasteiger partial charge in [-0.15, -0.1) is 11.3 Å². The molecule has 2 aromatic heterocycles. The first-order valence-electron chi connectivity index (χ1n) is 2.83. The van der Waals surface area contributed by atoms with Crippen LogP contribution in [0.25, 0.3) is 10.7 Å². The molecule has 0 saturated carbocycles. The molecule has 0 bridgehead atoms. The minimum atomic E-state index is 0.299. The Morgan fingerprint density at radius 3 is 3.00 bits per heavy atom. The van der Waals surface area contributed by atoms with E-state index in [4.69, 9.17) is 11.6 Å². The van der Waals surface area contributed by atoms with Crippen LogP contribution in [0, 0.1) is 0 Å². The fraction of sp³-hybridized carbons (Fsp3) is 0. The van der Waals surface area contributed by atoms with E-state index in [0.29, 0.717) is 11.1 Å². The van der Waals surface area contributed by atoms with E-state index < -0.39 is 0 Å². The van der Waals surface area contributed by atoms with Gasteiger partial charge in [-0.2, -0.15) is 10.1 Å². The molecule has 0 unspecified atom stereocenters. The summed E-state index contributed by atoms with van der Waals surface area (Å²) in [4.78, 5) is 8.72. The molecule has 0 saturated heterocycles. The molecule has 0 aliphatic rings. The number of hydrogen-bond acceptors (Lipinski definition) is 4. The highest BCUT2D eigenvalue weighted by Crippen LogP contribution is 2.19. The lowest BCUT2D eigenvalue weighted by atomic mass is 10.5. The third kappa shape index (κ3) is 1.24. The van der Waals surface area contributed by atoms with Gasteiger partial charge in [-0.25, -0.2) is 5.10 Å². The third-order valence-electron chi connectivity index (χ3n) is 1.11. The van der Waals surface area contributed by atoms with Crippen molar-refractivity contribution < 1.29 is 0 Å². The molecule has 6 heteroatoms. The summed E-state index contributed by atoms with van der Waals surface area (Å²) in [6.45, 7) is 0. The largest absolute Gasteiger partial charge is 0.252 e. The Bertz CT molecular complexity index is 341. The number of rotatable bonds is 1. The van der Waals surface area contributed by atoms with Crippen LogP contribution in [-0.4, -0.2) is 20.2 Å². The van der Waals surface area contributed by atoms with Crippen LogP contribution in [0.4, 0.5) is 0 Å². The smallest absolute Gasteiger partial charge is 0.218 e. The lowest BCUT2D eigenvalue weighted by molar-refractivity contribution is 1.10. The van der Waals surface area contributed by atoms with Crippen LogP contribution in [0.5, 0.6) is 0 Å². The van der Waals surface area contributed by atoms with Gasteiger partial charge in [0.25, 0.3) is 0 Å². The predicted octanol–water partition coefficient (Wildman–Crippen LogP) is 1.58. The fourth-order valence-corrected chi connectivity index (χ4v) is 1.35. The van der Waals surface area contributed by atoms with Crippen molar-refractivity contribution in [1.29, 1.82) is 0 Å². The second-order valence-corrected chi connectivity index (χ2v) is 3.06. The van der Waals surface area contributed by atoms with E-state index in [1.807, 2.05) is 0 Å². The Labute approximate surface area is 71.3 Å². The maximum absolute atomic E-state index is 5.53. The minimum Gasteiger partial charge on any atom is -0.252 e. The van der Waals surface area contributed by atoms with Crippen molar-refractivity contribution in [3.05, 3.63) is 17.0 Å². The Morgan fingerprint density at radius 1 is 1.55 bits per heavy atom. The average Bonchev–Trinajstić information content (AvgIpc) is 2.55. The maximum atomic E-state index is 5.53. The first-order valence-corrected chi connectivity index (χ1v) is 4.09. The standard InChI is InChI=1S/C5H3ClN4S/c6-5-8-4(9-10-5)3-1-7-2-11-3/h1-2H,(H,8,9,10). The first-order chi connectivity index (χ1) is 5.36. The number of halogens is 1. The van der Waals surface area contributed by atoms with E-state index in [1.54, 1.807) is 11.7 Å². The van der Waals surface area contributed by atoms with E-state index in [0.717, 1.165) is 4.88 Å². The van der Waals surface area contributed by atoms with Gasteiger partial charge in [0.1, 0.15) is 0 Å². The van der Waals surface area contributed by atoms with Crippen molar-refractivity contribution in [3.8, 4) is 10.7 Å². The van der Waals surface area contributed by atoms with Crippen molar-refractivity contribution in [2.75, 3.05) is 0 Å². The van der Waals surface area contributed by atoms with E-state index in [-0.39, 0.29) is 0 Å². The SMILES string of the molecule is Clc1nc(-c2cncs2)n[nH]1. The number of aromatic amines is 1. The average molecular weight is 187 g/mol. The molecule has 2 aromatic rings. The van der Waals surface area contributed by atoms with Crippen molar-refractivity contribution in [2.45, 2.75) is 0 Å². The number of hydrogen-bond donors (Lipinski definition) is 1. The van der Waals surface area contributed by atoms with Gasteiger partial charge >= 0.3 is 0 Å². The molecule has 0 aromatic carbocycles. The normalized spacial score (nSPS) is 10.3. The quantitative estimate of drug-likeness (QED) is 0.736.